The van der Waals surface area contributed by atoms with E-state index in [0.29, 0.717) is 16.6 Å². The summed E-state index contributed by atoms with van der Waals surface area (Å²) in [5, 5.41) is 11.6. The molecule has 1 N–H and O–H groups in total. The van der Waals surface area contributed by atoms with Crippen molar-refractivity contribution in [2.24, 2.45) is 12.2 Å². The average Bonchev–Trinajstić information content (AvgIpc) is 3.53. The fourth-order valence-electron chi connectivity index (χ4n) is 3.27. The van der Waals surface area contributed by atoms with Gasteiger partial charge in [-0.25, -0.2) is 0 Å². The van der Waals surface area contributed by atoms with Gasteiger partial charge in [0.05, 0.1) is 11.9 Å². The van der Waals surface area contributed by atoms with E-state index in [1.807, 2.05) is 48.5 Å². The largest absolute Gasteiger partial charge is 0.399 e. The van der Waals surface area contributed by atoms with E-state index < -0.39 is 0 Å². The molecule has 4 rings (SSSR count). The molecule has 0 saturated heterocycles. The van der Waals surface area contributed by atoms with E-state index in [0.717, 1.165) is 40.9 Å². The van der Waals surface area contributed by atoms with Crippen molar-refractivity contribution in [3.63, 3.8) is 0 Å². The zero-order chi connectivity index (χ0) is 20.4. The van der Waals surface area contributed by atoms with E-state index in [9.17, 15) is 4.79 Å². The molecule has 0 atom stereocenters. The van der Waals surface area contributed by atoms with E-state index in [1.165, 1.54) is 7.11 Å². The second-order valence-electron chi connectivity index (χ2n) is 6.99. The second-order valence-corrected chi connectivity index (χ2v) is 7.35. The minimum atomic E-state index is -0.235. The minimum Gasteiger partial charge on any atom is -0.399 e. The number of para-hydroxylation sites is 1. The number of carbonyl (C=O) groups excluding carboxylic acids is 1. The van der Waals surface area contributed by atoms with Gasteiger partial charge in [0, 0.05) is 24.2 Å². The molecule has 0 unspecified atom stereocenters. The Kier molecular flexibility index (Phi) is 5.36. The van der Waals surface area contributed by atoms with Crippen LogP contribution >= 0.6 is 11.6 Å². The lowest BCUT2D eigenvalue weighted by atomic mass is 10.0. The molecule has 1 amide bonds. The van der Waals surface area contributed by atoms with Gasteiger partial charge >= 0.3 is 0 Å². The number of amides is 1. The summed E-state index contributed by atoms with van der Waals surface area (Å²) in [5.41, 5.74) is 4.80. The van der Waals surface area contributed by atoms with Gasteiger partial charge in [0.1, 0.15) is 17.8 Å². The molecule has 29 heavy (non-hydrogen) atoms. The number of benzene rings is 2. The van der Waals surface area contributed by atoms with Gasteiger partial charge in [0.2, 0.25) is 0 Å². The van der Waals surface area contributed by atoms with Crippen LogP contribution in [0.2, 0.25) is 5.15 Å². The molecule has 1 aromatic heterocycles. The molecule has 0 radical (unpaired) electrons. The van der Waals surface area contributed by atoms with Crippen LogP contribution in [-0.2, 0) is 11.9 Å². The first kappa shape index (κ1) is 19.2. The maximum atomic E-state index is 13.1. The predicted molar refractivity (Wildman–Crippen MR) is 115 cm³/mol. The van der Waals surface area contributed by atoms with Gasteiger partial charge < -0.3 is 10.2 Å². The van der Waals surface area contributed by atoms with Crippen molar-refractivity contribution in [3.05, 3.63) is 70.5 Å². The van der Waals surface area contributed by atoms with Gasteiger partial charge in [-0.3, -0.25) is 9.48 Å². The number of anilines is 1. The number of aromatic nitrogens is 2. The van der Waals surface area contributed by atoms with Gasteiger partial charge in [-0.05, 0) is 30.0 Å². The maximum absolute atomic E-state index is 13.1. The van der Waals surface area contributed by atoms with E-state index in [4.69, 9.17) is 16.4 Å². The molecule has 1 saturated carbocycles. The highest BCUT2D eigenvalue weighted by atomic mass is 35.5. The van der Waals surface area contributed by atoms with E-state index in [1.54, 1.807) is 17.9 Å². The second kappa shape index (κ2) is 8.09. The molecule has 2 aromatic carbocycles. The molecular formula is C22H21ClN4O2. The van der Waals surface area contributed by atoms with Crippen molar-refractivity contribution in [1.82, 2.24) is 9.78 Å². The minimum absolute atomic E-state index is 0.235. The van der Waals surface area contributed by atoms with Crippen LogP contribution in [0, 0.1) is 0 Å². The Morgan fingerprint density at radius 1 is 1.24 bits per heavy atom. The molecule has 1 heterocycles. The summed E-state index contributed by atoms with van der Waals surface area (Å²) in [4.78, 5) is 17.8. The van der Waals surface area contributed by atoms with Gasteiger partial charge in [-0.1, -0.05) is 59.2 Å². The van der Waals surface area contributed by atoms with Crippen molar-refractivity contribution in [1.29, 1.82) is 0 Å². The molecule has 148 valence electrons. The molecule has 6 nitrogen and oxygen atoms in total. The quantitative estimate of drug-likeness (QED) is 0.468. The Morgan fingerprint density at radius 3 is 2.66 bits per heavy atom. The fraction of sp³-hybridized carbons (Fsp3) is 0.227. The summed E-state index contributed by atoms with van der Waals surface area (Å²) in [6.07, 6.45) is 3.73. The van der Waals surface area contributed by atoms with Crippen molar-refractivity contribution in [2.75, 3.05) is 12.4 Å². The van der Waals surface area contributed by atoms with E-state index in [2.05, 4.69) is 15.6 Å². The number of nitrogens with one attached hydrogen (secondary N) is 1. The number of nitrogens with zero attached hydrogens (tertiary/aromatic N) is 3. The third kappa shape index (κ3) is 4.03. The third-order valence-corrected chi connectivity index (χ3v) is 5.33. The monoisotopic (exact) mass is 408 g/mol. The molecule has 3 aromatic rings. The first-order valence-corrected chi connectivity index (χ1v) is 9.76. The van der Waals surface area contributed by atoms with Gasteiger partial charge in [-0.15, -0.1) is 0 Å². The van der Waals surface area contributed by atoms with Crippen LogP contribution in [0.1, 0.15) is 40.4 Å². The standard InChI is InChI=1S/C22H21ClN4O2/c1-27-21(23)19(20(26-27)16-11-12-16)22(28)25-18-6-4-3-5-17(18)15-9-7-14(8-10-15)13-24-29-2/h3-10,13,16H,11-12H2,1-2H3,(H,25,28)/b24-13+. The Hall–Kier alpha value is -3.12. The lowest BCUT2D eigenvalue weighted by molar-refractivity contribution is 0.102. The SMILES string of the molecule is CO/N=C/c1ccc(-c2ccccc2NC(=O)c2c(C3CC3)nn(C)c2Cl)cc1. The molecule has 1 aliphatic carbocycles. The predicted octanol–water partition coefficient (Wildman–Crippen LogP) is 4.85. The molecule has 1 aliphatic rings. The highest BCUT2D eigenvalue weighted by Gasteiger charge is 2.33. The van der Waals surface area contributed by atoms with Crippen LogP contribution in [-0.4, -0.2) is 29.0 Å². The van der Waals surface area contributed by atoms with Gasteiger partial charge in [0.25, 0.3) is 5.91 Å². The Balaban J connectivity index is 1.63. The molecule has 7 heteroatoms. The summed E-state index contributed by atoms with van der Waals surface area (Å²) < 4.78 is 1.57. The number of carbonyl (C=O) groups is 1. The highest BCUT2D eigenvalue weighted by Crippen LogP contribution is 2.42. The maximum Gasteiger partial charge on any atom is 0.260 e. The van der Waals surface area contributed by atoms with Gasteiger partial charge in [-0.2, -0.15) is 5.10 Å². The number of hydrogen-bond donors (Lipinski definition) is 1. The number of halogens is 1. The summed E-state index contributed by atoms with van der Waals surface area (Å²) in [6.45, 7) is 0. The number of oxime groups is 1. The highest BCUT2D eigenvalue weighted by molar-refractivity contribution is 6.33. The number of aryl methyl sites for hydroxylation is 1. The summed E-state index contributed by atoms with van der Waals surface area (Å²) in [6, 6.07) is 15.5. The third-order valence-electron chi connectivity index (χ3n) is 4.90. The normalized spacial score (nSPS) is 13.6. The van der Waals surface area contributed by atoms with Crippen LogP contribution < -0.4 is 5.32 Å². The van der Waals surface area contributed by atoms with Crippen LogP contribution in [0.3, 0.4) is 0 Å². The number of hydrogen-bond acceptors (Lipinski definition) is 4. The van der Waals surface area contributed by atoms with Crippen molar-refractivity contribution < 1.29 is 9.63 Å². The first-order valence-electron chi connectivity index (χ1n) is 9.38. The summed E-state index contributed by atoms with van der Waals surface area (Å²) in [5.74, 6) is 0.0901. The van der Waals surface area contributed by atoms with Crippen LogP contribution in [0.15, 0.2) is 53.7 Å². The average molecular weight is 409 g/mol. The van der Waals surface area contributed by atoms with E-state index in [-0.39, 0.29) is 5.91 Å². The van der Waals surface area contributed by atoms with Crippen molar-refractivity contribution in [3.8, 4) is 11.1 Å². The molecular weight excluding hydrogens is 388 g/mol. The smallest absolute Gasteiger partial charge is 0.260 e. The lowest BCUT2D eigenvalue weighted by Gasteiger charge is -2.12. The van der Waals surface area contributed by atoms with Gasteiger partial charge in [0.15, 0.2) is 0 Å². The first-order chi connectivity index (χ1) is 14.1. The topological polar surface area (TPSA) is 68.5 Å². The lowest BCUT2D eigenvalue weighted by Crippen LogP contribution is -2.14. The zero-order valence-corrected chi connectivity index (χ0v) is 17.0. The molecule has 0 aliphatic heterocycles. The molecule has 0 spiro atoms. The number of rotatable bonds is 6. The molecule has 0 bridgehead atoms. The Labute approximate surface area is 174 Å². The molecule has 1 fully saturated rings. The van der Waals surface area contributed by atoms with Crippen molar-refractivity contribution in [2.45, 2.75) is 18.8 Å². The van der Waals surface area contributed by atoms with Crippen LogP contribution in [0.5, 0.6) is 0 Å². The Bertz CT molecular complexity index is 1070. The van der Waals surface area contributed by atoms with E-state index >= 15 is 0 Å². The van der Waals surface area contributed by atoms with Crippen LogP contribution in [0.25, 0.3) is 11.1 Å². The van der Waals surface area contributed by atoms with Crippen molar-refractivity contribution >= 4 is 29.4 Å². The summed E-state index contributed by atoms with van der Waals surface area (Å²) >= 11 is 6.38. The zero-order valence-electron chi connectivity index (χ0n) is 16.2. The fourth-order valence-corrected chi connectivity index (χ4v) is 3.49. The summed E-state index contributed by atoms with van der Waals surface area (Å²) in [7, 11) is 3.26. The Morgan fingerprint density at radius 2 is 1.97 bits per heavy atom. The van der Waals surface area contributed by atoms with Crippen LogP contribution in [0.4, 0.5) is 5.69 Å².